The largest absolute Gasteiger partial charge is 0.506 e. The van der Waals surface area contributed by atoms with Gasteiger partial charge in [0, 0.05) is 5.56 Å². The highest BCUT2D eigenvalue weighted by Crippen LogP contribution is 2.33. The van der Waals surface area contributed by atoms with Gasteiger partial charge in [-0.1, -0.05) is 18.2 Å². The summed E-state index contributed by atoms with van der Waals surface area (Å²) in [5, 5.41) is 11.7. The minimum Gasteiger partial charge on any atom is -0.478 e. The molecule has 2 rings (SSSR count). The normalized spacial score (nSPS) is 14.7. The molecule has 1 heterocycles. The molecule has 0 unspecified atom stereocenters. The van der Waals surface area contributed by atoms with Crippen LogP contribution in [0.15, 0.2) is 29.4 Å². The van der Waals surface area contributed by atoms with E-state index in [4.69, 9.17) is 5.11 Å². The van der Waals surface area contributed by atoms with Crippen LogP contribution in [0.3, 0.4) is 0 Å². The number of nitrogens with zero attached hydrogens (tertiary/aromatic N) is 2. The third kappa shape index (κ3) is 1.71. The molecule has 0 aromatic heterocycles. The summed E-state index contributed by atoms with van der Waals surface area (Å²) in [4.78, 5) is 10.8. The molecule has 0 atom stereocenters. The Morgan fingerprint density at radius 1 is 1.31 bits per heavy atom. The van der Waals surface area contributed by atoms with Gasteiger partial charge >= 0.3 is 12.3 Å². The fraction of sp³-hybridized carbons (Fsp3) is 0.111. The van der Waals surface area contributed by atoms with Crippen LogP contribution in [0.2, 0.25) is 0 Å². The molecule has 1 aromatic carbocycles. The van der Waals surface area contributed by atoms with Gasteiger partial charge in [0.1, 0.15) is 0 Å². The van der Waals surface area contributed by atoms with Crippen LogP contribution in [-0.4, -0.2) is 28.2 Å². The average molecular weight is 230 g/mol. The summed E-state index contributed by atoms with van der Waals surface area (Å²) in [5.74, 6) is -1.65. The number of carbonyl (C=O) groups is 1. The fourth-order valence-electron chi connectivity index (χ4n) is 1.28. The number of hydrogen-bond donors (Lipinski definition) is 1. The van der Waals surface area contributed by atoms with Crippen LogP contribution in [0.5, 0.6) is 0 Å². The SMILES string of the molecule is O=C(O)c1ccccc1C1=NN1C(F)(F)F. The molecule has 1 N–H and O–H groups in total. The number of carboxylic acid groups (broad SMARTS) is 1. The predicted octanol–water partition coefficient (Wildman–Crippen LogP) is 1.88. The van der Waals surface area contributed by atoms with Gasteiger partial charge in [0.2, 0.25) is 0 Å². The second kappa shape index (κ2) is 3.22. The molecule has 0 saturated carbocycles. The molecule has 0 saturated heterocycles. The maximum atomic E-state index is 12.2. The van der Waals surface area contributed by atoms with Gasteiger partial charge in [-0.25, -0.2) is 4.79 Å². The lowest BCUT2D eigenvalue weighted by atomic mass is 10.1. The van der Waals surface area contributed by atoms with Crippen LogP contribution in [0.1, 0.15) is 15.9 Å². The highest BCUT2D eigenvalue weighted by Gasteiger charge is 2.49. The molecule has 16 heavy (non-hydrogen) atoms. The Balaban J connectivity index is 2.31. The molecule has 7 heteroatoms. The standard InChI is InChI=1S/C9H5F3N2O2/c10-9(11,12)14-7(13-14)5-3-1-2-4-6(5)8(15)16/h1-4H,(H,15,16). The minimum atomic E-state index is -4.60. The monoisotopic (exact) mass is 230 g/mol. The predicted molar refractivity (Wildman–Crippen MR) is 47.8 cm³/mol. The summed E-state index contributed by atoms with van der Waals surface area (Å²) in [6, 6.07) is 5.41. The molecule has 0 bridgehead atoms. The Bertz CT molecular complexity index is 482. The number of hydrogen-bond acceptors (Lipinski definition) is 3. The Hall–Kier alpha value is -2.05. The molecule has 0 spiro atoms. The van der Waals surface area contributed by atoms with Crippen molar-refractivity contribution in [3.05, 3.63) is 35.4 Å². The van der Waals surface area contributed by atoms with E-state index >= 15 is 0 Å². The zero-order chi connectivity index (χ0) is 11.9. The number of carboxylic acids is 1. The molecule has 0 fully saturated rings. The lowest BCUT2D eigenvalue weighted by Gasteiger charge is -2.07. The van der Waals surface area contributed by atoms with Crippen molar-refractivity contribution in [1.82, 2.24) is 5.01 Å². The van der Waals surface area contributed by atoms with Gasteiger partial charge in [-0.3, -0.25) is 0 Å². The molecule has 84 valence electrons. The summed E-state index contributed by atoms with van der Waals surface area (Å²) in [5.41, 5.74) is -0.236. The van der Waals surface area contributed by atoms with Crippen LogP contribution in [0.4, 0.5) is 13.2 Å². The number of rotatable bonds is 2. The maximum Gasteiger partial charge on any atom is 0.506 e. The highest BCUT2D eigenvalue weighted by molar-refractivity contribution is 6.12. The molecule has 0 radical (unpaired) electrons. The van der Waals surface area contributed by atoms with Crippen molar-refractivity contribution < 1.29 is 23.1 Å². The van der Waals surface area contributed by atoms with Crippen molar-refractivity contribution >= 4 is 11.8 Å². The van der Waals surface area contributed by atoms with Gasteiger partial charge in [0.05, 0.1) is 5.56 Å². The van der Waals surface area contributed by atoms with E-state index in [9.17, 15) is 18.0 Å². The Kier molecular flexibility index (Phi) is 2.11. The molecule has 1 aliphatic rings. The first-order valence-corrected chi connectivity index (χ1v) is 4.19. The zero-order valence-electron chi connectivity index (χ0n) is 7.69. The molecule has 0 aliphatic carbocycles. The second-order valence-electron chi connectivity index (χ2n) is 3.05. The van der Waals surface area contributed by atoms with Crippen molar-refractivity contribution in [2.24, 2.45) is 5.10 Å². The summed E-state index contributed by atoms with van der Waals surface area (Å²) in [6.07, 6.45) is -4.60. The van der Waals surface area contributed by atoms with Crippen molar-refractivity contribution in [1.29, 1.82) is 0 Å². The Morgan fingerprint density at radius 3 is 2.44 bits per heavy atom. The lowest BCUT2D eigenvalue weighted by molar-refractivity contribution is -0.201. The van der Waals surface area contributed by atoms with Crippen LogP contribution >= 0.6 is 0 Å². The van der Waals surface area contributed by atoms with Gasteiger partial charge < -0.3 is 5.11 Å². The number of benzene rings is 1. The molecule has 1 aromatic rings. The molecular formula is C9H5F3N2O2. The zero-order valence-corrected chi connectivity index (χ0v) is 7.69. The first-order valence-electron chi connectivity index (χ1n) is 4.19. The van der Waals surface area contributed by atoms with E-state index in [-0.39, 0.29) is 22.0 Å². The Morgan fingerprint density at radius 2 is 1.94 bits per heavy atom. The maximum absolute atomic E-state index is 12.2. The van der Waals surface area contributed by atoms with Crippen molar-refractivity contribution in [3.8, 4) is 0 Å². The summed E-state index contributed by atoms with van der Waals surface area (Å²) < 4.78 is 36.5. The van der Waals surface area contributed by atoms with Gasteiger partial charge in [0.25, 0.3) is 0 Å². The molecule has 0 amide bonds. The van der Waals surface area contributed by atoms with E-state index in [1.807, 2.05) is 0 Å². The molecular weight excluding hydrogens is 225 g/mol. The van der Waals surface area contributed by atoms with Crippen molar-refractivity contribution in [3.63, 3.8) is 0 Å². The number of alkyl halides is 3. The van der Waals surface area contributed by atoms with E-state index in [1.54, 1.807) is 0 Å². The number of hydrazone groups is 1. The first kappa shape index (κ1) is 10.5. The van der Waals surface area contributed by atoms with Crippen LogP contribution in [-0.2, 0) is 0 Å². The lowest BCUT2D eigenvalue weighted by Crippen LogP contribution is -2.25. The van der Waals surface area contributed by atoms with E-state index in [2.05, 4.69) is 5.10 Å². The van der Waals surface area contributed by atoms with Gasteiger partial charge in [-0.05, 0) is 6.07 Å². The average Bonchev–Trinajstić information content (AvgIpc) is 2.96. The number of amidine groups is 1. The Labute approximate surface area is 87.6 Å². The van der Waals surface area contributed by atoms with E-state index in [1.165, 1.54) is 24.3 Å². The summed E-state index contributed by atoms with van der Waals surface area (Å²) in [7, 11) is 0. The van der Waals surface area contributed by atoms with Crippen LogP contribution in [0, 0.1) is 0 Å². The minimum absolute atomic E-state index is 0.0349. The number of aromatic carboxylic acids is 1. The van der Waals surface area contributed by atoms with Crippen molar-refractivity contribution in [2.75, 3.05) is 0 Å². The van der Waals surface area contributed by atoms with E-state index in [0.717, 1.165) is 0 Å². The summed E-state index contributed by atoms with van der Waals surface area (Å²) >= 11 is 0. The third-order valence-corrected chi connectivity index (χ3v) is 1.99. The van der Waals surface area contributed by atoms with Crippen molar-refractivity contribution in [2.45, 2.75) is 6.30 Å². The van der Waals surface area contributed by atoms with Crippen LogP contribution in [0.25, 0.3) is 0 Å². The van der Waals surface area contributed by atoms with E-state index < -0.39 is 12.3 Å². The second-order valence-corrected chi connectivity index (χ2v) is 3.05. The molecule has 4 nitrogen and oxygen atoms in total. The smallest absolute Gasteiger partial charge is 0.478 e. The van der Waals surface area contributed by atoms with E-state index in [0.29, 0.717) is 0 Å². The topological polar surface area (TPSA) is 52.7 Å². The highest BCUT2D eigenvalue weighted by atomic mass is 19.4. The van der Waals surface area contributed by atoms with Crippen LogP contribution < -0.4 is 0 Å². The van der Waals surface area contributed by atoms with Gasteiger partial charge in [-0.15, -0.1) is 23.3 Å². The third-order valence-electron chi connectivity index (χ3n) is 1.99. The summed E-state index contributed by atoms with van der Waals surface area (Å²) in [6.45, 7) is 0. The van der Waals surface area contributed by atoms with Gasteiger partial charge in [0.15, 0.2) is 5.84 Å². The first-order chi connectivity index (χ1) is 7.41. The van der Waals surface area contributed by atoms with Gasteiger partial charge in [-0.2, -0.15) is 0 Å². The fourth-order valence-corrected chi connectivity index (χ4v) is 1.28. The quantitative estimate of drug-likeness (QED) is 0.789. The molecule has 1 aliphatic heterocycles. The number of halogens is 3.